The Labute approximate surface area is 146 Å². The first-order valence-corrected chi connectivity index (χ1v) is 8.64. The fourth-order valence-electron chi connectivity index (χ4n) is 3.32. The molecule has 0 saturated carbocycles. The van der Waals surface area contributed by atoms with Gasteiger partial charge in [0.15, 0.2) is 0 Å². The van der Waals surface area contributed by atoms with Crippen molar-refractivity contribution < 1.29 is 0 Å². The molecule has 0 saturated heterocycles. The fourth-order valence-corrected chi connectivity index (χ4v) is 3.32. The zero-order valence-electron chi connectivity index (χ0n) is 15.1. The molecule has 0 nitrogen and oxygen atoms in total. The molecule has 0 aromatic heterocycles. The Morgan fingerprint density at radius 3 is 1.75 bits per heavy atom. The van der Waals surface area contributed by atoms with Crippen LogP contribution in [0.2, 0.25) is 0 Å². The summed E-state index contributed by atoms with van der Waals surface area (Å²) in [5.74, 6) is 0. The first-order valence-electron chi connectivity index (χ1n) is 8.64. The lowest BCUT2D eigenvalue weighted by Crippen LogP contribution is -2.16. The SMILES string of the molecule is CC1(C)/C=C(c2ccccc2)\C=C/C(C)(C)/C(c2ccccc2)=C\1. The molecule has 3 rings (SSSR count). The molecule has 0 amide bonds. The van der Waals surface area contributed by atoms with E-state index < -0.39 is 0 Å². The van der Waals surface area contributed by atoms with Crippen LogP contribution < -0.4 is 0 Å². The zero-order chi connectivity index (χ0) is 17.2. The smallest absolute Gasteiger partial charge is 0.00817 e. The lowest BCUT2D eigenvalue weighted by molar-refractivity contribution is 0.594. The second-order valence-electron chi connectivity index (χ2n) is 7.77. The molecule has 2 aromatic carbocycles. The van der Waals surface area contributed by atoms with E-state index >= 15 is 0 Å². The molecule has 0 heteroatoms. The van der Waals surface area contributed by atoms with Gasteiger partial charge < -0.3 is 0 Å². The van der Waals surface area contributed by atoms with E-state index in [0.717, 1.165) is 0 Å². The molecule has 2 aromatic rings. The highest BCUT2D eigenvalue weighted by Crippen LogP contribution is 2.42. The van der Waals surface area contributed by atoms with E-state index in [1.54, 1.807) is 0 Å². The van der Waals surface area contributed by atoms with Crippen LogP contribution in [0.5, 0.6) is 0 Å². The molecule has 0 N–H and O–H groups in total. The molecule has 1 aliphatic rings. The summed E-state index contributed by atoms with van der Waals surface area (Å²) in [6, 6.07) is 21.4. The highest BCUT2D eigenvalue weighted by Gasteiger charge is 2.26. The summed E-state index contributed by atoms with van der Waals surface area (Å²) < 4.78 is 0. The Morgan fingerprint density at radius 1 is 0.625 bits per heavy atom. The van der Waals surface area contributed by atoms with Crippen LogP contribution in [0.15, 0.2) is 85.0 Å². The summed E-state index contributed by atoms with van der Waals surface area (Å²) >= 11 is 0. The van der Waals surface area contributed by atoms with E-state index in [2.05, 4.69) is 113 Å². The van der Waals surface area contributed by atoms with Crippen molar-refractivity contribution in [1.29, 1.82) is 0 Å². The summed E-state index contributed by atoms with van der Waals surface area (Å²) in [6.45, 7) is 9.17. The molecule has 0 bridgehead atoms. The van der Waals surface area contributed by atoms with Gasteiger partial charge in [-0.25, -0.2) is 0 Å². The maximum atomic E-state index is 2.43. The van der Waals surface area contributed by atoms with E-state index in [9.17, 15) is 0 Å². The highest BCUT2D eigenvalue weighted by atomic mass is 14.3. The van der Waals surface area contributed by atoms with Gasteiger partial charge in [0.25, 0.3) is 0 Å². The normalized spacial score (nSPS) is 24.7. The van der Waals surface area contributed by atoms with Gasteiger partial charge in [0.05, 0.1) is 0 Å². The van der Waals surface area contributed by atoms with E-state index in [4.69, 9.17) is 0 Å². The van der Waals surface area contributed by atoms with Gasteiger partial charge in [0, 0.05) is 10.8 Å². The van der Waals surface area contributed by atoms with Gasteiger partial charge in [-0.3, -0.25) is 0 Å². The Hall–Kier alpha value is -2.34. The molecular weight excluding hydrogens is 288 g/mol. The Kier molecular flexibility index (Phi) is 4.32. The van der Waals surface area contributed by atoms with Crippen molar-refractivity contribution in [2.75, 3.05) is 0 Å². The first kappa shape index (κ1) is 16.5. The Bertz CT molecular complexity index is 784. The fraction of sp³-hybridized carbons (Fsp3) is 0.250. The molecule has 0 spiro atoms. The minimum absolute atomic E-state index is 0.0155. The number of benzene rings is 2. The quantitative estimate of drug-likeness (QED) is 0.573. The lowest BCUT2D eigenvalue weighted by atomic mass is 9.73. The number of rotatable bonds is 2. The van der Waals surface area contributed by atoms with Gasteiger partial charge in [-0.15, -0.1) is 0 Å². The van der Waals surface area contributed by atoms with Crippen LogP contribution in [0, 0.1) is 10.8 Å². The highest BCUT2D eigenvalue weighted by molar-refractivity contribution is 5.79. The Balaban J connectivity index is 2.14. The number of allylic oxidation sites excluding steroid dienone is 6. The molecule has 0 unspecified atom stereocenters. The monoisotopic (exact) mass is 314 g/mol. The summed E-state index contributed by atoms with van der Waals surface area (Å²) in [4.78, 5) is 0. The van der Waals surface area contributed by atoms with Gasteiger partial charge in [-0.05, 0) is 22.3 Å². The average molecular weight is 314 g/mol. The largest absolute Gasteiger partial charge is 0.0739 e. The molecule has 122 valence electrons. The molecule has 24 heavy (non-hydrogen) atoms. The van der Waals surface area contributed by atoms with E-state index in [0.29, 0.717) is 0 Å². The van der Waals surface area contributed by atoms with Crippen molar-refractivity contribution in [3.63, 3.8) is 0 Å². The van der Waals surface area contributed by atoms with Crippen molar-refractivity contribution in [2.45, 2.75) is 27.7 Å². The van der Waals surface area contributed by atoms with Gasteiger partial charge in [-0.1, -0.05) is 113 Å². The van der Waals surface area contributed by atoms with Crippen molar-refractivity contribution in [2.24, 2.45) is 10.8 Å². The first-order chi connectivity index (χ1) is 11.4. The van der Waals surface area contributed by atoms with Gasteiger partial charge in [0.1, 0.15) is 0 Å². The van der Waals surface area contributed by atoms with Crippen molar-refractivity contribution in [1.82, 2.24) is 0 Å². The van der Waals surface area contributed by atoms with Crippen LogP contribution in [0.4, 0.5) is 0 Å². The van der Waals surface area contributed by atoms with Crippen LogP contribution in [-0.4, -0.2) is 0 Å². The Morgan fingerprint density at radius 2 is 1.17 bits per heavy atom. The minimum atomic E-state index is -0.0209. The molecule has 1 aliphatic carbocycles. The maximum absolute atomic E-state index is 2.43. The van der Waals surface area contributed by atoms with Gasteiger partial charge >= 0.3 is 0 Å². The number of hydrogen-bond donors (Lipinski definition) is 0. The summed E-state index contributed by atoms with van der Waals surface area (Å²) in [5.41, 5.74) is 5.21. The summed E-state index contributed by atoms with van der Waals surface area (Å²) in [7, 11) is 0. The molecule has 0 aliphatic heterocycles. The van der Waals surface area contributed by atoms with Gasteiger partial charge in [0.2, 0.25) is 0 Å². The van der Waals surface area contributed by atoms with Crippen LogP contribution in [0.1, 0.15) is 38.8 Å². The standard InChI is InChI=1S/C24H26/c1-23(2)17-21(19-11-7-5-8-12-19)15-16-24(3,4)22(18-23)20-13-9-6-10-14-20/h5-18H,1-4H3/b16-15-,21-17+,22-18-. The topological polar surface area (TPSA) is 0 Å². The minimum Gasteiger partial charge on any atom is -0.0739 e. The molecule has 0 atom stereocenters. The van der Waals surface area contributed by atoms with E-state index in [-0.39, 0.29) is 10.8 Å². The van der Waals surface area contributed by atoms with Crippen molar-refractivity contribution >= 4 is 11.1 Å². The third-order valence-electron chi connectivity index (χ3n) is 4.61. The second-order valence-corrected chi connectivity index (χ2v) is 7.77. The molecule has 0 heterocycles. The van der Waals surface area contributed by atoms with Gasteiger partial charge in [-0.2, -0.15) is 0 Å². The van der Waals surface area contributed by atoms with Crippen molar-refractivity contribution in [3.8, 4) is 0 Å². The maximum Gasteiger partial charge on any atom is 0.00817 e. The summed E-state index contributed by atoms with van der Waals surface area (Å²) in [5, 5.41) is 0. The predicted molar refractivity (Wildman–Crippen MR) is 106 cm³/mol. The van der Waals surface area contributed by atoms with E-state index in [1.165, 1.54) is 22.3 Å². The third-order valence-corrected chi connectivity index (χ3v) is 4.61. The lowest BCUT2D eigenvalue weighted by Gasteiger charge is -2.31. The van der Waals surface area contributed by atoms with E-state index in [1.807, 2.05) is 0 Å². The zero-order valence-corrected chi connectivity index (χ0v) is 15.1. The predicted octanol–water partition coefficient (Wildman–Crippen LogP) is 6.78. The molecular formula is C24H26. The van der Waals surface area contributed by atoms with Crippen molar-refractivity contribution in [3.05, 3.63) is 96.1 Å². The second kappa shape index (κ2) is 6.28. The molecule has 0 fully saturated rings. The third kappa shape index (κ3) is 3.59. The average Bonchev–Trinajstić information content (AvgIpc) is 2.57. The van der Waals surface area contributed by atoms with Crippen LogP contribution >= 0.6 is 0 Å². The molecule has 0 radical (unpaired) electrons. The van der Waals surface area contributed by atoms with Crippen LogP contribution in [-0.2, 0) is 0 Å². The number of hydrogen-bond acceptors (Lipinski definition) is 0. The van der Waals surface area contributed by atoms with Crippen LogP contribution in [0.3, 0.4) is 0 Å². The van der Waals surface area contributed by atoms with Crippen LogP contribution in [0.25, 0.3) is 11.1 Å². The summed E-state index contributed by atoms with van der Waals surface area (Å²) in [6.07, 6.45) is 9.42.